The monoisotopic (exact) mass is 219 g/mol. The molecule has 1 nitrogen and oxygen atoms in total. The smallest absolute Gasteiger partial charge is 0.00662 e. The SMILES string of the molecule is CN(C)CCSCC1(CS)CCC1. The van der Waals surface area contributed by atoms with Gasteiger partial charge in [-0.05, 0) is 43.9 Å². The first kappa shape index (κ1) is 11.7. The number of thiol groups is 1. The Hall–Kier alpha value is 0.660. The molecule has 0 N–H and O–H groups in total. The number of hydrogen-bond acceptors (Lipinski definition) is 3. The molecule has 1 aliphatic carbocycles. The minimum absolute atomic E-state index is 0.611. The van der Waals surface area contributed by atoms with E-state index in [1.165, 1.54) is 37.3 Å². The minimum atomic E-state index is 0.611. The van der Waals surface area contributed by atoms with Gasteiger partial charge < -0.3 is 4.90 Å². The van der Waals surface area contributed by atoms with Crippen molar-refractivity contribution in [1.82, 2.24) is 4.90 Å². The molecule has 78 valence electrons. The van der Waals surface area contributed by atoms with E-state index in [-0.39, 0.29) is 0 Å². The first-order chi connectivity index (χ1) is 6.18. The molecular weight excluding hydrogens is 198 g/mol. The van der Waals surface area contributed by atoms with Gasteiger partial charge in [-0.3, -0.25) is 0 Å². The number of nitrogens with zero attached hydrogens (tertiary/aromatic N) is 1. The Labute approximate surface area is 92.1 Å². The summed E-state index contributed by atoms with van der Waals surface area (Å²) in [4.78, 5) is 2.25. The lowest BCUT2D eigenvalue weighted by Crippen LogP contribution is -2.34. The maximum atomic E-state index is 4.45. The quantitative estimate of drug-likeness (QED) is 0.540. The first-order valence-corrected chi connectivity index (χ1v) is 6.81. The molecule has 3 heteroatoms. The summed E-state index contributed by atoms with van der Waals surface area (Å²) in [5.74, 6) is 3.68. The average molecular weight is 219 g/mol. The van der Waals surface area contributed by atoms with Crippen LogP contribution in [0.2, 0.25) is 0 Å². The molecule has 0 aromatic heterocycles. The molecule has 0 bridgehead atoms. The van der Waals surface area contributed by atoms with Gasteiger partial charge in [0.25, 0.3) is 0 Å². The molecule has 0 saturated heterocycles. The number of thioether (sulfide) groups is 1. The minimum Gasteiger partial charge on any atom is -0.309 e. The highest BCUT2D eigenvalue weighted by Crippen LogP contribution is 2.44. The van der Waals surface area contributed by atoms with Crippen LogP contribution in [-0.2, 0) is 0 Å². The van der Waals surface area contributed by atoms with Crippen LogP contribution in [0.15, 0.2) is 0 Å². The maximum absolute atomic E-state index is 4.45. The van der Waals surface area contributed by atoms with Gasteiger partial charge in [0.15, 0.2) is 0 Å². The lowest BCUT2D eigenvalue weighted by atomic mass is 9.72. The number of rotatable bonds is 6. The Bertz CT molecular complexity index is 138. The van der Waals surface area contributed by atoms with E-state index in [2.05, 4.69) is 43.4 Å². The van der Waals surface area contributed by atoms with E-state index < -0.39 is 0 Å². The van der Waals surface area contributed by atoms with Crippen molar-refractivity contribution in [3.05, 3.63) is 0 Å². The van der Waals surface area contributed by atoms with Crippen LogP contribution in [0.4, 0.5) is 0 Å². The molecule has 0 radical (unpaired) electrons. The Kier molecular flexibility index (Phi) is 4.98. The van der Waals surface area contributed by atoms with Crippen LogP contribution < -0.4 is 0 Å². The zero-order valence-corrected chi connectivity index (χ0v) is 10.5. The van der Waals surface area contributed by atoms with Crippen LogP contribution >= 0.6 is 24.4 Å². The van der Waals surface area contributed by atoms with E-state index in [0.29, 0.717) is 5.41 Å². The fourth-order valence-corrected chi connectivity index (χ4v) is 3.60. The highest BCUT2D eigenvalue weighted by molar-refractivity contribution is 7.99. The van der Waals surface area contributed by atoms with E-state index in [1.54, 1.807) is 0 Å². The summed E-state index contributed by atoms with van der Waals surface area (Å²) in [6.07, 6.45) is 4.24. The van der Waals surface area contributed by atoms with Crippen molar-refractivity contribution >= 4 is 24.4 Å². The summed E-state index contributed by atoms with van der Waals surface area (Å²) < 4.78 is 0. The molecule has 13 heavy (non-hydrogen) atoms. The van der Waals surface area contributed by atoms with Crippen molar-refractivity contribution in [3.8, 4) is 0 Å². The Balaban J connectivity index is 2.04. The second-order valence-corrected chi connectivity index (χ2v) is 5.79. The van der Waals surface area contributed by atoms with Crippen LogP contribution in [0, 0.1) is 5.41 Å². The molecule has 0 heterocycles. The normalized spacial score (nSPS) is 20.3. The average Bonchev–Trinajstić information content (AvgIpc) is 2.01. The Morgan fingerprint density at radius 1 is 1.38 bits per heavy atom. The second-order valence-electron chi connectivity index (χ2n) is 4.37. The van der Waals surface area contributed by atoms with Crippen molar-refractivity contribution in [2.24, 2.45) is 5.41 Å². The van der Waals surface area contributed by atoms with E-state index >= 15 is 0 Å². The molecule has 1 fully saturated rings. The molecule has 1 rings (SSSR count). The van der Waals surface area contributed by atoms with Gasteiger partial charge >= 0.3 is 0 Å². The standard InChI is InChI=1S/C10H21NS2/c1-11(2)6-7-13-9-10(8-12)4-3-5-10/h12H,3-9H2,1-2H3. The summed E-state index contributed by atoms with van der Waals surface area (Å²) in [5.41, 5.74) is 0.611. The van der Waals surface area contributed by atoms with Crippen molar-refractivity contribution < 1.29 is 0 Å². The van der Waals surface area contributed by atoms with Crippen LogP contribution in [0.5, 0.6) is 0 Å². The summed E-state index contributed by atoms with van der Waals surface area (Å²) in [6.45, 7) is 1.20. The third-order valence-corrected chi connectivity index (χ3v) is 4.80. The van der Waals surface area contributed by atoms with Gasteiger partial charge in [-0.1, -0.05) is 6.42 Å². The van der Waals surface area contributed by atoms with E-state index in [9.17, 15) is 0 Å². The molecule has 0 atom stereocenters. The number of hydrogen-bond donors (Lipinski definition) is 1. The lowest BCUT2D eigenvalue weighted by molar-refractivity contribution is 0.205. The van der Waals surface area contributed by atoms with E-state index in [1.807, 2.05) is 0 Å². The molecule has 0 amide bonds. The van der Waals surface area contributed by atoms with Crippen molar-refractivity contribution in [3.63, 3.8) is 0 Å². The van der Waals surface area contributed by atoms with Gasteiger partial charge in [-0.15, -0.1) is 0 Å². The van der Waals surface area contributed by atoms with Crippen molar-refractivity contribution in [2.45, 2.75) is 19.3 Å². The third kappa shape index (κ3) is 3.72. The van der Waals surface area contributed by atoms with Crippen molar-refractivity contribution in [2.75, 3.05) is 37.9 Å². The van der Waals surface area contributed by atoms with Crippen molar-refractivity contribution in [1.29, 1.82) is 0 Å². The van der Waals surface area contributed by atoms with Gasteiger partial charge in [-0.25, -0.2) is 0 Å². The van der Waals surface area contributed by atoms with E-state index in [0.717, 1.165) is 5.75 Å². The molecule has 0 spiro atoms. The third-order valence-electron chi connectivity index (χ3n) is 2.84. The molecular formula is C10H21NS2. The summed E-state index contributed by atoms with van der Waals surface area (Å²) in [5, 5.41) is 0. The van der Waals surface area contributed by atoms with Crippen LogP contribution in [0.25, 0.3) is 0 Å². The van der Waals surface area contributed by atoms with Gasteiger partial charge in [0.2, 0.25) is 0 Å². The molecule has 0 aromatic rings. The van der Waals surface area contributed by atoms with Gasteiger partial charge in [0, 0.05) is 12.3 Å². The van der Waals surface area contributed by atoms with E-state index in [4.69, 9.17) is 0 Å². The largest absolute Gasteiger partial charge is 0.309 e. The fourth-order valence-electron chi connectivity index (χ4n) is 1.56. The molecule has 1 aliphatic rings. The molecule has 0 unspecified atom stereocenters. The predicted molar refractivity (Wildman–Crippen MR) is 66.0 cm³/mol. The molecule has 0 aromatic carbocycles. The molecule has 1 saturated carbocycles. The summed E-state index contributed by atoms with van der Waals surface area (Å²) in [7, 11) is 4.27. The maximum Gasteiger partial charge on any atom is 0.00662 e. The fraction of sp³-hybridized carbons (Fsp3) is 1.00. The summed E-state index contributed by atoms with van der Waals surface area (Å²) >= 11 is 6.55. The molecule has 0 aliphatic heterocycles. The highest BCUT2D eigenvalue weighted by Gasteiger charge is 2.34. The second kappa shape index (κ2) is 5.52. The van der Waals surface area contributed by atoms with Crippen LogP contribution in [-0.4, -0.2) is 42.8 Å². The zero-order chi connectivity index (χ0) is 9.73. The van der Waals surface area contributed by atoms with Gasteiger partial charge in [0.05, 0.1) is 0 Å². The Morgan fingerprint density at radius 2 is 2.08 bits per heavy atom. The van der Waals surface area contributed by atoms with Crippen LogP contribution in [0.1, 0.15) is 19.3 Å². The lowest BCUT2D eigenvalue weighted by Gasteiger charge is -2.40. The summed E-state index contributed by atoms with van der Waals surface area (Å²) in [6, 6.07) is 0. The van der Waals surface area contributed by atoms with Crippen LogP contribution in [0.3, 0.4) is 0 Å². The predicted octanol–water partition coefficient (Wildman–Crippen LogP) is 2.38. The van der Waals surface area contributed by atoms with Gasteiger partial charge in [0.1, 0.15) is 0 Å². The zero-order valence-electron chi connectivity index (χ0n) is 8.75. The van der Waals surface area contributed by atoms with Gasteiger partial charge in [-0.2, -0.15) is 24.4 Å². The Morgan fingerprint density at radius 3 is 2.46 bits per heavy atom. The first-order valence-electron chi connectivity index (χ1n) is 5.02. The topological polar surface area (TPSA) is 3.24 Å². The highest BCUT2D eigenvalue weighted by atomic mass is 32.2.